The number of amides is 1. The van der Waals surface area contributed by atoms with Gasteiger partial charge in [0.2, 0.25) is 0 Å². The summed E-state index contributed by atoms with van der Waals surface area (Å²) >= 11 is 1.30. The number of carbonyl (C=O) groups excluding carboxylic acids is 1. The molecule has 0 spiro atoms. The van der Waals surface area contributed by atoms with Crippen LogP contribution in [-0.2, 0) is 13.0 Å². The molecule has 1 unspecified atom stereocenters. The number of rotatable bonds is 6. The van der Waals surface area contributed by atoms with E-state index in [1.165, 1.54) is 11.3 Å². The molecule has 134 valence electrons. The largest absolute Gasteiger partial charge is 0.346 e. The van der Waals surface area contributed by atoms with Gasteiger partial charge in [0.05, 0.1) is 6.04 Å². The van der Waals surface area contributed by atoms with Gasteiger partial charge in [0.25, 0.3) is 5.91 Å². The molecule has 0 saturated carbocycles. The number of halogens is 2. The minimum atomic E-state index is -0.574. The van der Waals surface area contributed by atoms with Crippen LogP contribution in [0, 0.1) is 11.6 Å². The van der Waals surface area contributed by atoms with Gasteiger partial charge in [-0.2, -0.15) is 0 Å². The zero-order chi connectivity index (χ0) is 18.5. The number of hydrogen-bond donors (Lipinski definition) is 2. The Labute approximate surface area is 153 Å². The molecule has 0 saturated heterocycles. The van der Waals surface area contributed by atoms with E-state index in [0.29, 0.717) is 11.4 Å². The molecule has 1 aromatic heterocycles. The van der Waals surface area contributed by atoms with E-state index in [0.717, 1.165) is 23.8 Å². The Balaban J connectivity index is 1.61. The number of nitrogens with zero attached hydrogens (tertiary/aromatic N) is 1. The molecule has 0 bridgehead atoms. The summed E-state index contributed by atoms with van der Waals surface area (Å²) in [6.45, 7) is -0.120. The fraction of sp³-hybridized carbons (Fsp3) is 0.158. The van der Waals surface area contributed by atoms with Gasteiger partial charge in [0.15, 0.2) is 0 Å². The number of thiazole rings is 1. The van der Waals surface area contributed by atoms with Crippen LogP contribution in [0.15, 0.2) is 53.9 Å². The summed E-state index contributed by atoms with van der Waals surface area (Å²) in [5.41, 5.74) is 7.54. The molecule has 1 amide bonds. The maximum Gasteiger partial charge on any atom is 0.271 e. The van der Waals surface area contributed by atoms with Crippen LogP contribution in [0.5, 0.6) is 0 Å². The number of nitrogens with two attached hydrogens (primary N) is 1. The van der Waals surface area contributed by atoms with Gasteiger partial charge < -0.3 is 11.1 Å². The molecule has 1 heterocycles. The van der Waals surface area contributed by atoms with Crippen LogP contribution < -0.4 is 11.1 Å². The van der Waals surface area contributed by atoms with Crippen LogP contribution in [0.2, 0.25) is 0 Å². The molecule has 3 rings (SSSR count). The second kappa shape index (κ2) is 8.16. The third-order valence-corrected chi connectivity index (χ3v) is 4.79. The van der Waals surface area contributed by atoms with Crippen molar-refractivity contribution in [3.05, 3.63) is 87.4 Å². The van der Waals surface area contributed by atoms with Gasteiger partial charge in [-0.15, -0.1) is 11.3 Å². The molecular formula is C19H17F2N3OS. The van der Waals surface area contributed by atoms with Gasteiger partial charge in [0, 0.05) is 17.5 Å². The van der Waals surface area contributed by atoms with E-state index in [4.69, 9.17) is 5.73 Å². The number of aromatic nitrogens is 1. The zero-order valence-corrected chi connectivity index (χ0v) is 14.6. The van der Waals surface area contributed by atoms with Crippen molar-refractivity contribution in [2.45, 2.75) is 19.0 Å². The minimum absolute atomic E-state index is 0.0783. The second-order valence-corrected chi connectivity index (χ2v) is 6.68. The van der Waals surface area contributed by atoms with E-state index >= 15 is 0 Å². The van der Waals surface area contributed by atoms with Gasteiger partial charge >= 0.3 is 0 Å². The van der Waals surface area contributed by atoms with E-state index in [2.05, 4.69) is 10.3 Å². The average molecular weight is 373 g/mol. The third-order valence-electron chi connectivity index (χ3n) is 3.82. The second-order valence-electron chi connectivity index (χ2n) is 5.79. The first-order chi connectivity index (χ1) is 12.5. The third kappa shape index (κ3) is 4.50. The van der Waals surface area contributed by atoms with Gasteiger partial charge in [-0.05, 0) is 30.2 Å². The van der Waals surface area contributed by atoms with Crippen molar-refractivity contribution in [3.8, 4) is 0 Å². The molecule has 3 N–H and O–H groups in total. The molecule has 4 nitrogen and oxygen atoms in total. The summed E-state index contributed by atoms with van der Waals surface area (Å²) in [6.07, 6.45) is 0.615. The Hall–Kier alpha value is -2.64. The van der Waals surface area contributed by atoms with E-state index in [1.807, 2.05) is 30.3 Å². The van der Waals surface area contributed by atoms with Gasteiger partial charge in [-0.3, -0.25) is 4.79 Å². The van der Waals surface area contributed by atoms with Gasteiger partial charge in [0.1, 0.15) is 22.3 Å². The molecule has 2 aromatic carbocycles. The predicted molar refractivity (Wildman–Crippen MR) is 96.7 cm³/mol. The summed E-state index contributed by atoms with van der Waals surface area (Å²) in [7, 11) is 0. The lowest BCUT2D eigenvalue weighted by atomic mass is 10.1. The fourth-order valence-corrected chi connectivity index (χ4v) is 3.26. The summed E-state index contributed by atoms with van der Waals surface area (Å²) in [5, 5.41) is 4.80. The van der Waals surface area contributed by atoms with E-state index in [-0.39, 0.29) is 23.8 Å². The standard InChI is InChI=1S/C19H17F2N3OS/c20-14-6-7-15(21)13(9-14)10-23-18(25)17-11-26-19(24-17)16(22)8-12-4-2-1-3-5-12/h1-7,9,11,16H,8,10,22H2,(H,23,25). The van der Waals surface area contributed by atoms with E-state index in [1.54, 1.807) is 5.38 Å². The SMILES string of the molecule is NC(Cc1ccccc1)c1nc(C(=O)NCc2cc(F)ccc2F)cs1. The Morgan fingerprint density at radius 1 is 1.19 bits per heavy atom. The highest BCUT2D eigenvalue weighted by Gasteiger charge is 2.16. The lowest BCUT2D eigenvalue weighted by Gasteiger charge is -2.08. The highest BCUT2D eigenvalue weighted by Crippen LogP contribution is 2.20. The van der Waals surface area contributed by atoms with Crippen LogP contribution in [0.3, 0.4) is 0 Å². The van der Waals surface area contributed by atoms with Crippen LogP contribution in [-0.4, -0.2) is 10.9 Å². The number of benzene rings is 2. The fourth-order valence-electron chi connectivity index (χ4n) is 2.46. The van der Waals surface area contributed by atoms with Crippen LogP contribution in [0.4, 0.5) is 8.78 Å². The lowest BCUT2D eigenvalue weighted by molar-refractivity contribution is 0.0946. The molecule has 3 aromatic rings. The number of hydrogen-bond acceptors (Lipinski definition) is 4. The monoisotopic (exact) mass is 373 g/mol. The molecule has 1 atom stereocenters. The summed E-state index contributed by atoms with van der Waals surface area (Å²) in [4.78, 5) is 16.5. The van der Waals surface area contributed by atoms with Crippen molar-refractivity contribution >= 4 is 17.2 Å². The average Bonchev–Trinajstić information content (AvgIpc) is 3.13. The molecule has 0 aliphatic rings. The Morgan fingerprint density at radius 3 is 2.73 bits per heavy atom. The smallest absolute Gasteiger partial charge is 0.271 e. The quantitative estimate of drug-likeness (QED) is 0.694. The van der Waals surface area contributed by atoms with Crippen molar-refractivity contribution in [1.82, 2.24) is 10.3 Å². The molecule has 26 heavy (non-hydrogen) atoms. The summed E-state index contributed by atoms with van der Waals surface area (Å²) in [5.74, 6) is -1.59. The maximum atomic E-state index is 13.6. The maximum absolute atomic E-state index is 13.6. The van der Waals surface area contributed by atoms with Gasteiger partial charge in [-0.1, -0.05) is 30.3 Å². The minimum Gasteiger partial charge on any atom is -0.346 e. The molecule has 7 heteroatoms. The first kappa shape index (κ1) is 18.2. The molecule has 0 aliphatic heterocycles. The topological polar surface area (TPSA) is 68.0 Å². The molecular weight excluding hydrogens is 356 g/mol. The van der Waals surface area contributed by atoms with Crippen molar-refractivity contribution in [3.63, 3.8) is 0 Å². The van der Waals surface area contributed by atoms with E-state index in [9.17, 15) is 13.6 Å². The van der Waals surface area contributed by atoms with Crippen LogP contribution in [0.1, 0.15) is 32.7 Å². The molecule has 0 radical (unpaired) electrons. The van der Waals surface area contributed by atoms with Crippen LogP contribution >= 0.6 is 11.3 Å². The Kier molecular flexibility index (Phi) is 5.70. The number of carbonyl (C=O) groups is 1. The highest BCUT2D eigenvalue weighted by atomic mass is 32.1. The van der Waals surface area contributed by atoms with Crippen molar-refractivity contribution in [2.24, 2.45) is 5.73 Å². The lowest BCUT2D eigenvalue weighted by Crippen LogP contribution is -2.24. The molecule has 0 fully saturated rings. The van der Waals surface area contributed by atoms with Crippen LogP contribution in [0.25, 0.3) is 0 Å². The summed E-state index contributed by atoms with van der Waals surface area (Å²) < 4.78 is 26.8. The zero-order valence-electron chi connectivity index (χ0n) is 13.8. The summed E-state index contributed by atoms with van der Waals surface area (Å²) in [6, 6.07) is 12.6. The Morgan fingerprint density at radius 2 is 1.96 bits per heavy atom. The number of nitrogens with one attached hydrogen (secondary N) is 1. The van der Waals surface area contributed by atoms with E-state index < -0.39 is 17.5 Å². The Bertz CT molecular complexity index is 899. The first-order valence-corrected chi connectivity index (χ1v) is 8.88. The molecule has 0 aliphatic carbocycles. The van der Waals surface area contributed by atoms with Crippen molar-refractivity contribution in [2.75, 3.05) is 0 Å². The first-order valence-electron chi connectivity index (χ1n) is 8.00. The normalized spacial score (nSPS) is 12.0. The van der Waals surface area contributed by atoms with Crippen molar-refractivity contribution < 1.29 is 13.6 Å². The van der Waals surface area contributed by atoms with Crippen molar-refractivity contribution in [1.29, 1.82) is 0 Å². The highest BCUT2D eigenvalue weighted by molar-refractivity contribution is 7.09. The predicted octanol–water partition coefficient (Wildman–Crippen LogP) is 3.59. The van der Waals surface area contributed by atoms with Gasteiger partial charge in [-0.25, -0.2) is 13.8 Å².